The molecule has 2 rings (SSSR count). The summed E-state index contributed by atoms with van der Waals surface area (Å²) in [5.41, 5.74) is 2.41. The monoisotopic (exact) mass is 247 g/mol. The molecule has 2 unspecified atom stereocenters. The Kier molecular flexibility index (Phi) is 3.60. The van der Waals surface area contributed by atoms with Crippen molar-refractivity contribution >= 4 is 11.7 Å². The molecule has 0 amide bonds. The largest absolute Gasteiger partial charge is 0.478 e. The summed E-state index contributed by atoms with van der Waals surface area (Å²) in [6.45, 7) is 7.41. The normalized spacial score (nSPS) is 24.1. The Balaban J connectivity index is 2.37. The zero-order valence-electron chi connectivity index (χ0n) is 11.3. The number of carbonyl (C=O) groups is 1. The second-order valence-electron chi connectivity index (χ2n) is 5.50. The number of hydrogen-bond acceptors (Lipinski definition) is 2. The van der Waals surface area contributed by atoms with Crippen LogP contribution in [0.1, 0.15) is 42.6 Å². The SMILES string of the molecule is Cc1ccc(C(=O)O)c(N2CCC(C)CC2C)c1. The van der Waals surface area contributed by atoms with Gasteiger partial charge in [0.25, 0.3) is 0 Å². The molecular formula is C15H21NO2. The van der Waals surface area contributed by atoms with Crippen molar-refractivity contribution in [2.24, 2.45) is 5.92 Å². The quantitative estimate of drug-likeness (QED) is 0.871. The molecular weight excluding hydrogens is 226 g/mol. The first-order valence-corrected chi connectivity index (χ1v) is 6.59. The number of carboxylic acid groups (broad SMARTS) is 1. The van der Waals surface area contributed by atoms with Gasteiger partial charge in [0, 0.05) is 12.6 Å². The molecule has 0 spiro atoms. The maximum atomic E-state index is 11.3. The van der Waals surface area contributed by atoms with Crippen molar-refractivity contribution in [1.82, 2.24) is 0 Å². The fourth-order valence-electron chi connectivity index (χ4n) is 2.83. The molecule has 0 bridgehead atoms. The van der Waals surface area contributed by atoms with E-state index in [2.05, 4.69) is 18.7 Å². The summed E-state index contributed by atoms with van der Waals surface area (Å²) in [5.74, 6) is -0.106. The van der Waals surface area contributed by atoms with Crippen molar-refractivity contribution in [2.45, 2.75) is 39.7 Å². The second kappa shape index (κ2) is 5.01. The summed E-state index contributed by atoms with van der Waals surface area (Å²) in [7, 11) is 0. The first kappa shape index (κ1) is 12.9. The Morgan fingerprint density at radius 2 is 2.11 bits per heavy atom. The highest BCUT2D eigenvalue weighted by Gasteiger charge is 2.26. The Labute approximate surface area is 108 Å². The minimum absolute atomic E-state index is 0.411. The zero-order valence-corrected chi connectivity index (χ0v) is 11.3. The molecule has 0 aliphatic carbocycles. The van der Waals surface area contributed by atoms with E-state index in [-0.39, 0.29) is 0 Å². The molecule has 3 nitrogen and oxygen atoms in total. The van der Waals surface area contributed by atoms with Crippen LogP contribution < -0.4 is 4.90 Å². The molecule has 18 heavy (non-hydrogen) atoms. The van der Waals surface area contributed by atoms with Crippen LogP contribution in [-0.4, -0.2) is 23.7 Å². The van der Waals surface area contributed by atoms with Crippen LogP contribution >= 0.6 is 0 Å². The van der Waals surface area contributed by atoms with Gasteiger partial charge in [-0.1, -0.05) is 13.0 Å². The van der Waals surface area contributed by atoms with Gasteiger partial charge in [0.1, 0.15) is 0 Å². The van der Waals surface area contributed by atoms with Crippen molar-refractivity contribution in [3.63, 3.8) is 0 Å². The average molecular weight is 247 g/mol. The van der Waals surface area contributed by atoms with Crippen LogP contribution in [0.3, 0.4) is 0 Å². The van der Waals surface area contributed by atoms with Gasteiger partial charge in [-0.3, -0.25) is 0 Å². The molecule has 0 saturated carbocycles. The summed E-state index contributed by atoms with van der Waals surface area (Å²) in [6.07, 6.45) is 2.27. The molecule has 1 aromatic carbocycles. The molecule has 1 aromatic rings. The lowest BCUT2D eigenvalue weighted by Crippen LogP contribution is -2.41. The number of anilines is 1. The van der Waals surface area contributed by atoms with Crippen LogP contribution in [0.4, 0.5) is 5.69 Å². The van der Waals surface area contributed by atoms with E-state index >= 15 is 0 Å². The molecule has 1 heterocycles. The van der Waals surface area contributed by atoms with E-state index in [1.54, 1.807) is 6.07 Å². The topological polar surface area (TPSA) is 40.5 Å². The Morgan fingerprint density at radius 3 is 2.72 bits per heavy atom. The zero-order chi connectivity index (χ0) is 13.3. The average Bonchev–Trinajstić information content (AvgIpc) is 2.28. The Morgan fingerprint density at radius 1 is 1.39 bits per heavy atom. The highest BCUT2D eigenvalue weighted by Crippen LogP contribution is 2.31. The number of nitrogens with zero attached hydrogens (tertiary/aromatic N) is 1. The molecule has 3 heteroatoms. The standard InChI is InChI=1S/C15H21NO2/c1-10-4-5-13(15(17)18)14(9-10)16-7-6-11(2)8-12(16)3/h4-5,9,11-12H,6-8H2,1-3H3,(H,17,18). The van der Waals surface area contributed by atoms with Crippen LogP contribution in [0, 0.1) is 12.8 Å². The molecule has 1 N–H and O–H groups in total. The van der Waals surface area contributed by atoms with Crippen LogP contribution in [0.25, 0.3) is 0 Å². The van der Waals surface area contributed by atoms with E-state index in [1.165, 1.54) is 0 Å². The Bertz CT molecular complexity index is 456. The van der Waals surface area contributed by atoms with Gasteiger partial charge < -0.3 is 10.0 Å². The highest BCUT2D eigenvalue weighted by molar-refractivity contribution is 5.94. The third-order valence-electron chi connectivity index (χ3n) is 3.83. The van der Waals surface area contributed by atoms with Gasteiger partial charge >= 0.3 is 5.97 Å². The molecule has 0 aromatic heterocycles. The van der Waals surface area contributed by atoms with Crippen LogP contribution in [0.15, 0.2) is 18.2 Å². The van der Waals surface area contributed by atoms with Crippen molar-refractivity contribution in [3.8, 4) is 0 Å². The van der Waals surface area contributed by atoms with E-state index in [1.807, 2.05) is 19.1 Å². The van der Waals surface area contributed by atoms with E-state index < -0.39 is 5.97 Å². The number of rotatable bonds is 2. The van der Waals surface area contributed by atoms with Gasteiger partial charge in [0.2, 0.25) is 0 Å². The maximum Gasteiger partial charge on any atom is 0.337 e. The predicted molar refractivity (Wildman–Crippen MR) is 73.3 cm³/mol. The predicted octanol–water partition coefficient (Wildman–Crippen LogP) is 3.32. The maximum absolute atomic E-state index is 11.3. The summed E-state index contributed by atoms with van der Waals surface area (Å²) < 4.78 is 0. The summed E-state index contributed by atoms with van der Waals surface area (Å²) in [5, 5.41) is 9.30. The molecule has 1 fully saturated rings. The van der Waals surface area contributed by atoms with Gasteiger partial charge in [0.15, 0.2) is 0 Å². The molecule has 1 aliphatic heterocycles. The number of hydrogen-bond donors (Lipinski definition) is 1. The van der Waals surface area contributed by atoms with Crippen LogP contribution in [0.5, 0.6) is 0 Å². The van der Waals surface area contributed by atoms with Gasteiger partial charge in [0.05, 0.1) is 11.3 Å². The molecule has 0 radical (unpaired) electrons. The Hall–Kier alpha value is -1.51. The molecule has 98 valence electrons. The minimum Gasteiger partial charge on any atom is -0.478 e. The lowest BCUT2D eigenvalue weighted by molar-refractivity contribution is 0.0697. The van der Waals surface area contributed by atoms with Gasteiger partial charge in [-0.05, 0) is 50.3 Å². The number of benzene rings is 1. The fourth-order valence-corrected chi connectivity index (χ4v) is 2.83. The van der Waals surface area contributed by atoms with E-state index in [9.17, 15) is 9.90 Å². The molecule has 1 saturated heterocycles. The lowest BCUT2D eigenvalue weighted by atomic mass is 9.92. The number of piperidine rings is 1. The molecule has 1 aliphatic rings. The number of aromatic carboxylic acids is 1. The van der Waals surface area contributed by atoms with E-state index in [0.29, 0.717) is 11.6 Å². The summed E-state index contributed by atoms with van der Waals surface area (Å²) >= 11 is 0. The van der Waals surface area contributed by atoms with Crippen molar-refractivity contribution in [2.75, 3.05) is 11.4 Å². The van der Waals surface area contributed by atoms with Crippen LogP contribution in [-0.2, 0) is 0 Å². The smallest absolute Gasteiger partial charge is 0.337 e. The first-order valence-electron chi connectivity index (χ1n) is 6.59. The number of aryl methyl sites for hydroxylation is 1. The summed E-state index contributed by atoms with van der Waals surface area (Å²) in [6, 6.07) is 5.99. The van der Waals surface area contributed by atoms with Crippen molar-refractivity contribution in [3.05, 3.63) is 29.3 Å². The fraction of sp³-hybridized carbons (Fsp3) is 0.533. The first-order chi connectivity index (χ1) is 8.49. The molecule has 2 atom stereocenters. The lowest BCUT2D eigenvalue weighted by Gasteiger charge is -2.39. The van der Waals surface area contributed by atoms with Crippen molar-refractivity contribution in [1.29, 1.82) is 0 Å². The third-order valence-corrected chi connectivity index (χ3v) is 3.83. The van der Waals surface area contributed by atoms with E-state index in [0.717, 1.165) is 36.6 Å². The third kappa shape index (κ3) is 2.50. The van der Waals surface area contributed by atoms with Gasteiger partial charge in [-0.25, -0.2) is 4.79 Å². The minimum atomic E-state index is -0.837. The second-order valence-corrected chi connectivity index (χ2v) is 5.50. The van der Waals surface area contributed by atoms with Crippen molar-refractivity contribution < 1.29 is 9.90 Å². The van der Waals surface area contributed by atoms with Crippen LogP contribution in [0.2, 0.25) is 0 Å². The van der Waals surface area contributed by atoms with E-state index in [4.69, 9.17) is 0 Å². The van der Waals surface area contributed by atoms with Gasteiger partial charge in [-0.2, -0.15) is 0 Å². The number of carboxylic acids is 1. The highest BCUT2D eigenvalue weighted by atomic mass is 16.4. The summed E-state index contributed by atoms with van der Waals surface area (Å²) in [4.78, 5) is 13.6. The van der Waals surface area contributed by atoms with Gasteiger partial charge in [-0.15, -0.1) is 0 Å².